The third-order valence-electron chi connectivity index (χ3n) is 4.10. The maximum Gasteiger partial charge on any atom is 0.407 e. The van der Waals surface area contributed by atoms with Crippen molar-refractivity contribution < 1.29 is 19.1 Å². The van der Waals surface area contributed by atoms with E-state index in [-0.39, 0.29) is 29.6 Å². The van der Waals surface area contributed by atoms with Gasteiger partial charge in [0.1, 0.15) is 6.10 Å². The predicted molar refractivity (Wildman–Crippen MR) is 82.5 cm³/mol. The fraction of sp³-hybridized carbons (Fsp3) is 0.875. The third kappa shape index (κ3) is 5.16. The molecule has 1 N–H and O–H groups in total. The molecule has 1 saturated heterocycles. The molecule has 2 rings (SSSR count). The molecule has 0 aromatic heterocycles. The number of nitrogens with one attached hydrogen (secondary N) is 1. The number of morpholine rings is 1. The van der Waals surface area contributed by atoms with Crippen LogP contribution in [-0.4, -0.2) is 54.8 Å². The molecule has 126 valence electrons. The van der Waals surface area contributed by atoms with Crippen molar-refractivity contribution in [2.75, 3.05) is 26.3 Å². The molecule has 0 spiro atoms. The standard InChI is InChI=1S/C16H28N2O4/c1-16(2,3)17-15(20)22-13-6-4-12(5-7-13)14(19)18-8-10-21-11-9-18/h12-13H,4-11H2,1-3H3,(H,17,20). The van der Waals surface area contributed by atoms with Crippen LogP contribution < -0.4 is 5.32 Å². The molecule has 1 heterocycles. The van der Waals surface area contributed by atoms with Crippen LogP contribution in [0.4, 0.5) is 4.79 Å². The summed E-state index contributed by atoms with van der Waals surface area (Å²) in [5, 5.41) is 2.80. The third-order valence-corrected chi connectivity index (χ3v) is 4.10. The summed E-state index contributed by atoms with van der Waals surface area (Å²) in [4.78, 5) is 26.1. The van der Waals surface area contributed by atoms with Gasteiger partial charge in [-0.25, -0.2) is 4.79 Å². The molecular weight excluding hydrogens is 284 g/mol. The lowest BCUT2D eigenvalue weighted by Gasteiger charge is -2.34. The van der Waals surface area contributed by atoms with E-state index in [9.17, 15) is 9.59 Å². The van der Waals surface area contributed by atoms with E-state index < -0.39 is 0 Å². The quantitative estimate of drug-likeness (QED) is 0.846. The van der Waals surface area contributed by atoms with E-state index in [0.29, 0.717) is 26.3 Å². The number of nitrogens with zero attached hydrogens (tertiary/aromatic N) is 1. The second-order valence-electron chi connectivity index (χ2n) is 7.19. The molecule has 1 aliphatic carbocycles. The van der Waals surface area contributed by atoms with Gasteiger partial charge in [-0.15, -0.1) is 0 Å². The van der Waals surface area contributed by atoms with Crippen LogP contribution in [0.2, 0.25) is 0 Å². The lowest BCUT2D eigenvalue weighted by Crippen LogP contribution is -2.45. The normalized spacial score (nSPS) is 26.4. The zero-order chi connectivity index (χ0) is 16.2. The van der Waals surface area contributed by atoms with Crippen molar-refractivity contribution in [2.24, 2.45) is 5.92 Å². The van der Waals surface area contributed by atoms with E-state index in [1.54, 1.807) is 0 Å². The van der Waals surface area contributed by atoms with Crippen molar-refractivity contribution in [3.63, 3.8) is 0 Å². The van der Waals surface area contributed by atoms with Gasteiger partial charge in [0.25, 0.3) is 0 Å². The average molecular weight is 312 g/mol. The number of ether oxygens (including phenoxy) is 2. The lowest BCUT2D eigenvalue weighted by molar-refractivity contribution is -0.141. The molecule has 0 atom stereocenters. The second-order valence-corrected chi connectivity index (χ2v) is 7.19. The van der Waals surface area contributed by atoms with Crippen LogP contribution in [0.1, 0.15) is 46.5 Å². The fourth-order valence-corrected chi connectivity index (χ4v) is 2.96. The zero-order valence-corrected chi connectivity index (χ0v) is 13.9. The highest BCUT2D eigenvalue weighted by Crippen LogP contribution is 2.28. The number of hydrogen-bond donors (Lipinski definition) is 1. The minimum Gasteiger partial charge on any atom is -0.446 e. The van der Waals surface area contributed by atoms with Crippen LogP contribution in [0.15, 0.2) is 0 Å². The van der Waals surface area contributed by atoms with E-state index in [1.165, 1.54) is 0 Å². The molecule has 6 heteroatoms. The fourth-order valence-electron chi connectivity index (χ4n) is 2.96. The molecule has 2 amide bonds. The van der Waals surface area contributed by atoms with Gasteiger partial charge in [-0.1, -0.05) is 0 Å². The molecule has 6 nitrogen and oxygen atoms in total. The van der Waals surface area contributed by atoms with Crippen molar-refractivity contribution in [1.82, 2.24) is 10.2 Å². The van der Waals surface area contributed by atoms with E-state index in [0.717, 1.165) is 25.7 Å². The number of rotatable bonds is 2. The van der Waals surface area contributed by atoms with Crippen molar-refractivity contribution in [3.05, 3.63) is 0 Å². The highest BCUT2D eigenvalue weighted by atomic mass is 16.6. The Hall–Kier alpha value is -1.30. The summed E-state index contributed by atoms with van der Waals surface area (Å²) in [7, 11) is 0. The van der Waals surface area contributed by atoms with Crippen molar-refractivity contribution >= 4 is 12.0 Å². The van der Waals surface area contributed by atoms with Gasteiger partial charge in [0.05, 0.1) is 13.2 Å². The van der Waals surface area contributed by atoms with E-state index in [4.69, 9.17) is 9.47 Å². The molecule has 2 fully saturated rings. The van der Waals surface area contributed by atoms with Gasteiger partial charge in [0.2, 0.25) is 5.91 Å². The monoisotopic (exact) mass is 312 g/mol. The van der Waals surface area contributed by atoms with Crippen LogP contribution in [0.3, 0.4) is 0 Å². The summed E-state index contributed by atoms with van der Waals surface area (Å²) in [6, 6.07) is 0. The number of alkyl carbamates (subject to hydrolysis) is 1. The second kappa shape index (κ2) is 7.31. The Kier molecular flexibility index (Phi) is 5.67. The number of carbonyl (C=O) groups is 2. The van der Waals surface area contributed by atoms with E-state index in [2.05, 4.69) is 5.32 Å². The Balaban J connectivity index is 1.73. The number of amides is 2. The number of hydrogen-bond acceptors (Lipinski definition) is 4. The molecule has 0 bridgehead atoms. The van der Waals surface area contributed by atoms with Crippen molar-refractivity contribution in [1.29, 1.82) is 0 Å². The summed E-state index contributed by atoms with van der Waals surface area (Å²) in [6.07, 6.45) is 2.68. The van der Waals surface area contributed by atoms with Gasteiger partial charge in [0.15, 0.2) is 0 Å². The zero-order valence-electron chi connectivity index (χ0n) is 13.9. The SMILES string of the molecule is CC(C)(C)NC(=O)OC1CCC(C(=O)N2CCOCC2)CC1. The maximum absolute atomic E-state index is 12.4. The first-order valence-corrected chi connectivity index (χ1v) is 8.20. The molecule has 1 aliphatic heterocycles. The first-order valence-electron chi connectivity index (χ1n) is 8.20. The van der Waals surface area contributed by atoms with Gasteiger partial charge in [0, 0.05) is 24.5 Å². The van der Waals surface area contributed by atoms with E-state index in [1.807, 2.05) is 25.7 Å². The smallest absolute Gasteiger partial charge is 0.407 e. The molecular formula is C16H28N2O4. The van der Waals surface area contributed by atoms with Gasteiger partial charge in [-0.2, -0.15) is 0 Å². The summed E-state index contributed by atoms with van der Waals surface area (Å²) in [5.41, 5.74) is -0.291. The van der Waals surface area contributed by atoms with Crippen molar-refractivity contribution in [3.8, 4) is 0 Å². The summed E-state index contributed by atoms with van der Waals surface area (Å²) in [5.74, 6) is 0.310. The van der Waals surface area contributed by atoms with Crippen LogP contribution in [0.25, 0.3) is 0 Å². The predicted octanol–water partition coefficient (Wildman–Crippen LogP) is 1.93. The Morgan fingerprint density at radius 3 is 2.23 bits per heavy atom. The van der Waals surface area contributed by atoms with Crippen LogP contribution >= 0.6 is 0 Å². The van der Waals surface area contributed by atoms with Gasteiger partial charge < -0.3 is 19.7 Å². The van der Waals surface area contributed by atoms with Crippen LogP contribution in [-0.2, 0) is 14.3 Å². The minimum absolute atomic E-state index is 0.0728. The summed E-state index contributed by atoms with van der Waals surface area (Å²) in [6.45, 7) is 8.44. The lowest BCUT2D eigenvalue weighted by atomic mass is 9.86. The molecule has 1 saturated carbocycles. The molecule has 0 aromatic carbocycles. The van der Waals surface area contributed by atoms with Gasteiger partial charge in [-0.05, 0) is 46.5 Å². The highest BCUT2D eigenvalue weighted by molar-refractivity contribution is 5.79. The Bertz CT molecular complexity index is 391. The summed E-state index contributed by atoms with van der Waals surface area (Å²) < 4.78 is 10.7. The molecule has 0 aromatic rings. The van der Waals surface area contributed by atoms with Crippen LogP contribution in [0.5, 0.6) is 0 Å². The highest BCUT2D eigenvalue weighted by Gasteiger charge is 2.31. The Morgan fingerprint density at radius 1 is 1.09 bits per heavy atom. The topological polar surface area (TPSA) is 67.9 Å². The minimum atomic E-state index is -0.365. The molecule has 0 radical (unpaired) electrons. The van der Waals surface area contributed by atoms with E-state index >= 15 is 0 Å². The average Bonchev–Trinajstić information content (AvgIpc) is 2.46. The van der Waals surface area contributed by atoms with Gasteiger partial charge >= 0.3 is 6.09 Å². The van der Waals surface area contributed by atoms with Gasteiger partial charge in [-0.3, -0.25) is 4.79 Å². The maximum atomic E-state index is 12.4. The van der Waals surface area contributed by atoms with Crippen molar-refractivity contribution in [2.45, 2.75) is 58.1 Å². The molecule has 2 aliphatic rings. The number of carbonyl (C=O) groups excluding carboxylic acids is 2. The Labute approximate surface area is 132 Å². The summed E-state index contributed by atoms with van der Waals surface area (Å²) >= 11 is 0. The first-order chi connectivity index (χ1) is 10.3. The van der Waals surface area contributed by atoms with Crippen LogP contribution in [0, 0.1) is 5.92 Å². The molecule has 0 unspecified atom stereocenters. The largest absolute Gasteiger partial charge is 0.446 e. The molecule has 22 heavy (non-hydrogen) atoms. The Morgan fingerprint density at radius 2 is 1.68 bits per heavy atom. The first kappa shape index (κ1) is 17.1.